The summed E-state index contributed by atoms with van der Waals surface area (Å²) in [6.07, 6.45) is 4.41. The first-order chi connectivity index (χ1) is 11.4. The van der Waals surface area contributed by atoms with E-state index < -0.39 is 0 Å². The summed E-state index contributed by atoms with van der Waals surface area (Å²) in [7, 11) is 4.04. The summed E-state index contributed by atoms with van der Waals surface area (Å²) >= 11 is 1.87. The van der Waals surface area contributed by atoms with Crippen molar-refractivity contribution in [2.24, 2.45) is 20.0 Å². The molecule has 0 radical (unpaired) electrons. The third-order valence-corrected chi connectivity index (χ3v) is 7.47. The van der Waals surface area contributed by atoms with Crippen LogP contribution in [0.5, 0.6) is 11.5 Å². The van der Waals surface area contributed by atoms with E-state index >= 15 is 0 Å². The largest absolute Gasteiger partial charge is 1.00 e. The smallest absolute Gasteiger partial charge is 0.295 e. The number of aromatic hydroxyl groups is 2. The number of aromatic nitrogens is 3. The number of rotatable bonds is 3. The van der Waals surface area contributed by atoms with Crippen molar-refractivity contribution in [2.45, 2.75) is 48.4 Å². The Labute approximate surface area is 158 Å². The molecule has 2 saturated carbocycles. The van der Waals surface area contributed by atoms with Gasteiger partial charge in [-0.3, -0.25) is 0 Å². The number of fused-ring (bicyclic) bond motifs is 2. The number of thioether (sulfide) groups is 1. The van der Waals surface area contributed by atoms with Crippen LogP contribution in [0.4, 0.5) is 0 Å². The Morgan fingerprint density at radius 2 is 2.08 bits per heavy atom. The molecular formula is C18H24ClN3O2S. The first-order valence-corrected chi connectivity index (χ1v) is 9.36. The number of hydrogen-bond donors (Lipinski definition) is 2. The number of halogens is 1. The van der Waals surface area contributed by atoms with Crippen LogP contribution in [-0.4, -0.2) is 25.1 Å². The van der Waals surface area contributed by atoms with E-state index in [9.17, 15) is 10.2 Å². The normalized spacial score (nSPS) is 27.5. The van der Waals surface area contributed by atoms with E-state index in [1.165, 1.54) is 6.42 Å². The first kappa shape index (κ1) is 18.4. The summed E-state index contributed by atoms with van der Waals surface area (Å²) in [5.41, 5.74) is 0.933. The maximum atomic E-state index is 10.3. The SMILES string of the molecule is Cc1n(C)c(SC2CC3(c4cc(O)ccc4O)CCC2C3)n[n+]1C.[Cl-]. The van der Waals surface area contributed by atoms with E-state index in [2.05, 4.69) is 23.6 Å². The maximum absolute atomic E-state index is 10.3. The highest BCUT2D eigenvalue weighted by Gasteiger charge is 2.53. The molecule has 2 N–H and O–H groups in total. The Morgan fingerprint density at radius 1 is 1.32 bits per heavy atom. The van der Waals surface area contributed by atoms with Gasteiger partial charge in [0.25, 0.3) is 11.0 Å². The molecule has 1 aromatic carbocycles. The fourth-order valence-electron chi connectivity index (χ4n) is 4.52. The number of phenolic OH excluding ortho intramolecular Hbond substituents is 2. The zero-order valence-corrected chi connectivity index (χ0v) is 16.3. The van der Waals surface area contributed by atoms with Gasteiger partial charge in [-0.25, -0.2) is 4.57 Å². The average molecular weight is 382 g/mol. The van der Waals surface area contributed by atoms with Crippen molar-refractivity contribution >= 4 is 11.8 Å². The fourth-order valence-corrected chi connectivity index (χ4v) is 6.08. The van der Waals surface area contributed by atoms with Crippen molar-refractivity contribution in [1.82, 2.24) is 9.67 Å². The predicted molar refractivity (Wildman–Crippen MR) is 92.2 cm³/mol. The molecule has 0 saturated heterocycles. The van der Waals surface area contributed by atoms with E-state index in [0.717, 1.165) is 35.8 Å². The summed E-state index contributed by atoms with van der Waals surface area (Å²) in [5.74, 6) is 2.35. The van der Waals surface area contributed by atoms with Crippen molar-refractivity contribution < 1.29 is 27.3 Å². The van der Waals surface area contributed by atoms with Crippen LogP contribution in [-0.2, 0) is 19.5 Å². The Bertz CT molecular complexity index is 810. The summed E-state index contributed by atoms with van der Waals surface area (Å²) in [5, 5.41) is 26.4. The second-order valence-corrected chi connectivity index (χ2v) is 8.56. The van der Waals surface area contributed by atoms with Crippen LogP contribution >= 0.6 is 11.8 Å². The topological polar surface area (TPSA) is 62.2 Å². The van der Waals surface area contributed by atoms with Crippen molar-refractivity contribution in [3.8, 4) is 11.5 Å². The van der Waals surface area contributed by atoms with Gasteiger partial charge in [0, 0.05) is 23.2 Å². The zero-order chi connectivity index (χ0) is 17.1. The van der Waals surface area contributed by atoms with Gasteiger partial charge < -0.3 is 22.6 Å². The molecule has 3 unspecified atom stereocenters. The lowest BCUT2D eigenvalue weighted by Gasteiger charge is -2.30. The van der Waals surface area contributed by atoms with Crippen LogP contribution in [0.1, 0.15) is 37.1 Å². The number of phenols is 2. The van der Waals surface area contributed by atoms with Crippen LogP contribution in [0, 0.1) is 12.8 Å². The molecule has 1 aromatic heterocycles. The highest BCUT2D eigenvalue weighted by Crippen LogP contribution is 2.60. The number of benzene rings is 1. The van der Waals surface area contributed by atoms with Crippen molar-refractivity contribution in [1.29, 1.82) is 0 Å². The molecule has 2 aromatic rings. The number of nitrogens with zero attached hydrogens (tertiary/aromatic N) is 3. The minimum Gasteiger partial charge on any atom is -1.00 e. The van der Waals surface area contributed by atoms with Gasteiger partial charge in [-0.05, 0) is 54.9 Å². The van der Waals surface area contributed by atoms with Crippen LogP contribution in [0.15, 0.2) is 23.4 Å². The first-order valence-electron chi connectivity index (χ1n) is 8.48. The maximum Gasteiger partial charge on any atom is 0.295 e. The Balaban J connectivity index is 0.00000182. The van der Waals surface area contributed by atoms with Crippen LogP contribution in [0.3, 0.4) is 0 Å². The molecule has 4 rings (SSSR count). The quantitative estimate of drug-likeness (QED) is 0.559. The van der Waals surface area contributed by atoms with Gasteiger partial charge in [0.1, 0.15) is 18.5 Å². The third-order valence-electron chi connectivity index (χ3n) is 6.05. The lowest BCUT2D eigenvalue weighted by atomic mass is 9.77. The molecule has 0 amide bonds. The Hall–Kier alpha value is -1.40. The molecule has 5 nitrogen and oxygen atoms in total. The van der Waals surface area contributed by atoms with Gasteiger partial charge in [0.05, 0.1) is 7.05 Å². The summed E-state index contributed by atoms with van der Waals surface area (Å²) in [4.78, 5) is 0. The van der Waals surface area contributed by atoms with Crippen LogP contribution < -0.4 is 17.1 Å². The Kier molecular flexibility index (Phi) is 4.71. The van der Waals surface area contributed by atoms with Crippen molar-refractivity contribution in [3.05, 3.63) is 29.6 Å². The summed E-state index contributed by atoms with van der Waals surface area (Å²) < 4.78 is 4.07. The van der Waals surface area contributed by atoms with Gasteiger partial charge >= 0.3 is 0 Å². The van der Waals surface area contributed by atoms with Gasteiger partial charge in [0.2, 0.25) is 0 Å². The molecule has 2 aliphatic carbocycles. The predicted octanol–water partition coefficient (Wildman–Crippen LogP) is -0.429. The van der Waals surface area contributed by atoms with E-state index in [1.54, 1.807) is 18.2 Å². The molecule has 2 aliphatic rings. The minimum atomic E-state index is 0. The molecule has 1 heterocycles. The minimum absolute atomic E-state index is 0. The number of aryl methyl sites for hydroxylation is 1. The zero-order valence-electron chi connectivity index (χ0n) is 14.7. The highest BCUT2D eigenvalue weighted by atomic mass is 35.5. The lowest BCUT2D eigenvalue weighted by Crippen LogP contribution is -3.00. The van der Waals surface area contributed by atoms with E-state index in [4.69, 9.17) is 0 Å². The third kappa shape index (κ3) is 2.89. The summed E-state index contributed by atoms with van der Waals surface area (Å²) in [6.45, 7) is 2.07. The van der Waals surface area contributed by atoms with E-state index in [0.29, 0.717) is 16.9 Å². The molecular weight excluding hydrogens is 358 g/mol. The Morgan fingerprint density at radius 3 is 2.76 bits per heavy atom. The molecule has 7 heteroatoms. The molecule has 3 atom stereocenters. The second kappa shape index (κ2) is 6.40. The standard InChI is InChI=1S/C18H23N3O2S.ClH/c1-11-20(2)17(19-21(11)3)24-16-10-18(7-6-12(16)9-18)14-8-13(22)4-5-15(14)23;/h4-5,8,12,16H,6-7,9-10H2,1-3H3,(H-,22,23);1H. The lowest BCUT2D eigenvalue weighted by molar-refractivity contribution is -0.736. The fraction of sp³-hybridized carbons (Fsp3) is 0.556. The molecule has 0 aliphatic heterocycles. The molecule has 2 bridgehead atoms. The number of hydrogen-bond acceptors (Lipinski definition) is 4. The van der Waals surface area contributed by atoms with Gasteiger partial charge in [-0.1, -0.05) is 11.8 Å². The van der Waals surface area contributed by atoms with Gasteiger partial charge in [-0.15, -0.1) is 4.68 Å². The monoisotopic (exact) mass is 381 g/mol. The molecule has 2 fully saturated rings. The van der Waals surface area contributed by atoms with Crippen LogP contribution in [0.2, 0.25) is 0 Å². The molecule has 136 valence electrons. The molecule has 0 spiro atoms. The summed E-state index contributed by atoms with van der Waals surface area (Å²) in [6, 6.07) is 4.94. The second-order valence-electron chi connectivity index (χ2n) is 7.36. The van der Waals surface area contributed by atoms with Gasteiger partial charge in [0.15, 0.2) is 0 Å². The van der Waals surface area contributed by atoms with Crippen molar-refractivity contribution in [2.75, 3.05) is 0 Å². The molecule has 25 heavy (non-hydrogen) atoms. The van der Waals surface area contributed by atoms with E-state index in [1.807, 2.05) is 23.5 Å². The van der Waals surface area contributed by atoms with Gasteiger partial charge in [-0.2, -0.15) is 0 Å². The highest BCUT2D eigenvalue weighted by molar-refractivity contribution is 7.99. The average Bonchev–Trinajstić information content (AvgIpc) is 3.20. The van der Waals surface area contributed by atoms with Crippen LogP contribution in [0.25, 0.3) is 0 Å². The van der Waals surface area contributed by atoms with E-state index in [-0.39, 0.29) is 23.6 Å². The van der Waals surface area contributed by atoms with Crippen molar-refractivity contribution in [3.63, 3.8) is 0 Å².